The molecule has 0 spiro atoms. The van der Waals surface area contributed by atoms with Crippen LogP contribution >= 0.6 is 0 Å². The van der Waals surface area contributed by atoms with Crippen molar-refractivity contribution in [3.8, 4) is 0 Å². The molecule has 2 aliphatic rings. The Labute approximate surface area is 185 Å². The minimum atomic E-state index is -0.688. The highest BCUT2D eigenvalue weighted by Crippen LogP contribution is 2.28. The molecule has 0 aliphatic carbocycles. The highest BCUT2D eigenvalue weighted by molar-refractivity contribution is 6.16. The first-order valence-electron chi connectivity index (χ1n) is 10.6. The first-order valence-corrected chi connectivity index (χ1v) is 10.6. The van der Waals surface area contributed by atoms with Crippen LogP contribution in [-0.2, 0) is 9.59 Å². The quantitative estimate of drug-likeness (QED) is 0.555. The Bertz CT molecular complexity index is 1120. The van der Waals surface area contributed by atoms with Gasteiger partial charge in [-0.3, -0.25) is 9.59 Å². The second-order valence-corrected chi connectivity index (χ2v) is 8.15. The van der Waals surface area contributed by atoms with Gasteiger partial charge in [-0.15, -0.1) is 0 Å². The summed E-state index contributed by atoms with van der Waals surface area (Å²) in [6, 6.07) is 9.67. The number of anilines is 2. The summed E-state index contributed by atoms with van der Waals surface area (Å²) in [7, 11) is 0. The van der Waals surface area contributed by atoms with Crippen molar-refractivity contribution < 1.29 is 18.8 Å². The fourth-order valence-electron chi connectivity index (χ4n) is 3.98. The third-order valence-electron chi connectivity index (χ3n) is 5.65. The van der Waals surface area contributed by atoms with Gasteiger partial charge in [-0.2, -0.15) is 0 Å². The largest absolute Gasteiger partial charge is 0.369 e. The summed E-state index contributed by atoms with van der Waals surface area (Å²) in [5.41, 5.74) is 3.41. The van der Waals surface area contributed by atoms with Crippen LogP contribution < -0.4 is 15.5 Å². The molecule has 2 heterocycles. The number of aryl methyl sites for hydroxylation is 2. The maximum atomic E-state index is 14.7. The molecule has 4 rings (SSSR count). The van der Waals surface area contributed by atoms with Gasteiger partial charge >= 0.3 is 6.03 Å². The number of rotatable bonds is 5. The van der Waals surface area contributed by atoms with E-state index in [1.165, 1.54) is 12.1 Å². The molecule has 2 N–H and O–H groups in total. The van der Waals surface area contributed by atoms with E-state index >= 15 is 0 Å². The molecule has 32 heavy (non-hydrogen) atoms. The number of nitrogens with one attached hydrogen (secondary N) is 2. The summed E-state index contributed by atoms with van der Waals surface area (Å²) >= 11 is 0. The monoisotopic (exact) mass is 436 g/mol. The number of urea groups is 1. The van der Waals surface area contributed by atoms with Crippen LogP contribution in [0.15, 0.2) is 42.1 Å². The van der Waals surface area contributed by atoms with Crippen LogP contribution in [0, 0.1) is 19.7 Å². The van der Waals surface area contributed by atoms with Crippen LogP contribution in [0.4, 0.5) is 20.6 Å². The van der Waals surface area contributed by atoms with Crippen LogP contribution in [0.1, 0.15) is 29.5 Å². The van der Waals surface area contributed by atoms with Crippen LogP contribution in [-0.4, -0.2) is 42.4 Å². The molecule has 2 aromatic carbocycles. The van der Waals surface area contributed by atoms with E-state index in [0.717, 1.165) is 42.0 Å². The number of hydrogen-bond donors (Lipinski definition) is 2. The molecule has 2 fully saturated rings. The van der Waals surface area contributed by atoms with E-state index in [0.29, 0.717) is 16.9 Å². The van der Waals surface area contributed by atoms with Gasteiger partial charge < -0.3 is 15.5 Å². The molecule has 0 radical (unpaired) electrons. The number of benzene rings is 2. The average molecular weight is 436 g/mol. The van der Waals surface area contributed by atoms with Crippen molar-refractivity contribution in [3.63, 3.8) is 0 Å². The van der Waals surface area contributed by atoms with Crippen LogP contribution in [0.3, 0.4) is 0 Å². The third kappa shape index (κ3) is 4.49. The van der Waals surface area contributed by atoms with Gasteiger partial charge in [0.2, 0.25) is 5.91 Å². The van der Waals surface area contributed by atoms with Crippen LogP contribution in [0.5, 0.6) is 0 Å². The van der Waals surface area contributed by atoms with E-state index < -0.39 is 24.4 Å². The topological polar surface area (TPSA) is 81.8 Å². The second-order valence-electron chi connectivity index (χ2n) is 8.15. The van der Waals surface area contributed by atoms with E-state index in [9.17, 15) is 18.8 Å². The van der Waals surface area contributed by atoms with Crippen molar-refractivity contribution in [2.45, 2.75) is 26.7 Å². The third-order valence-corrected chi connectivity index (χ3v) is 5.65. The van der Waals surface area contributed by atoms with E-state index in [1.54, 1.807) is 24.3 Å². The zero-order valence-corrected chi connectivity index (χ0v) is 18.1. The average Bonchev–Trinajstić information content (AvgIpc) is 3.35. The maximum absolute atomic E-state index is 14.7. The number of halogens is 1. The highest BCUT2D eigenvalue weighted by atomic mass is 19.1. The van der Waals surface area contributed by atoms with Gasteiger partial charge in [-0.05, 0) is 73.7 Å². The smallest absolute Gasteiger partial charge is 0.329 e. The Morgan fingerprint density at radius 2 is 1.91 bits per heavy atom. The Kier molecular flexibility index (Phi) is 5.94. The second kappa shape index (κ2) is 8.82. The van der Waals surface area contributed by atoms with E-state index in [2.05, 4.69) is 10.6 Å². The Morgan fingerprint density at radius 3 is 2.62 bits per heavy atom. The molecule has 0 bridgehead atoms. The van der Waals surface area contributed by atoms with Gasteiger partial charge in [-0.25, -0.2) is 14.1 Å². The first-order chi connectivity index (χ1) is 15.3. The summed E-state index contributed by atoms with van der Waals surface area (Å²) in [4.78, 5) is 40.2. The zero-order chi connectivity index (χ0) is 22.8. The van der Waals surface area contributed by atoms with Crippen molar-refractivity contribution >= 4 is 35.3 Å². The van der Waals surface area contributed by atoms with Gasteiger partial charge in [0.15, 0.2) is 0 Å². The lowest BCUT2D eigenvalue weighted by molar-refractivity contribution is -0.127. The normalized spacial score (nSPS) is 17.3. The minimum absolute atomic E-state index is 0.00905. The Balaban J connectivity index is 1.48. The van der Waals surface area contributed by atoms with Crippen molar-refractivity contribution in [2.75, 3.05) is 29.9 Å². The molecule has 166 valence electrons. The van der Waals surface area contributed by atoms with E-state index in [4.69, 9.17) is 0 Å². The number of amides is 4. The van der Waals surface area contributed by atoms with Gasteiger partial charge in [0.05, 0.1) is 5.69 Å². The summed E-state index contributed by atoms with van der Waals surface area (Å²) in [6.07, 6.45) is 3.53. The van der Waals surface area contributed by atoms with E-state index in [1.807, 2.05) is 24.8 Å². The molecule has 0 aromatic heterocycles. The standard InChI is InChI=1S/C24H25FN4O3/c1-15-6-5-7-18(10-15)26-22(30)14-29-23(31)20(27-24(29)32)13-17-12-19(25)21(11-16(17)2)28-8-3-4-9-28/h5-7,10-13H,3-4,8-9,14H2,1-2H3,(H,26,30)(H,27,32)/b20-13-. The molecule has 0 saturated carbocycles. The lowest BCUT2D eigenvalue weighted by Gasteiger charge is -2.19. The lowest BCUT2D eigenvalue weighted by atomic mass is 10.1. The fourth-order valence-corrected chi connectivity index (χ4v) is 3.98. The fraction of sp³-hybridized carbons (Fsp3) is 0.292. The highest BCUT2D eigenvalue weighted by Gasteiger charge is 2.35. The Morgan fingerprint density at radius 1 is 1.16 bits per heavy atom. The molecular formula is C24H25FN4O3. The summed E-state index contributed by atoms with van der Waals surface area (Å²) in [6.45, 7) is 4.96. The SMILES string of the molecule is Cc1cccc(NC(=O)CN2C(=O)N/C(=C\c3cc(F)c(N4CCCC4)cc3C)C2=O)c1. The van der Waals surface area contributed by atoms with E-state index in [-0.39, 0.29) is 11.5 Å². The lowest BCUT2D eigenvalue weighted by Crippen LogP contribution is -2.38. The molecule has 7 nitrogen and oxygen atoms in total. The molecule has 2 saturated heterocycles. The number of hydrogen-bond acceptors (Lipinski definition) is 4. The number of carbonyl (C=O) groups is 3. The van der Waals surface area contributed by atoms with Crippen molar-refractivity contribution in [1.29, 1.82) is 0 Å². The summed E-state index contributed by atoms with van der Waals surface area (Å²) in [5, 5.41) is 5.16. The maximum Gasteiger partial charge on any atom is 0.329 e. The molecule has 8 heteroatoms. The predicted octanol–water partition coefficient (Wildman–Crippen LogP) is 3.57. The number of nitrogens with zero attached hydrogens (tertiary/aromatic N) is 2. The molecule has 4 amide bonds. The molecule has 0 unspecified atom stereocenters. The van der Waals surface area contributed by atoms with Gasteiger partial charge in [0.25, 0.3) is 5.91 Å². The summed E-state index contributed by atoms with van der Waals surface area (Å²) < 4.78 is 14.7. The summed E-state index contributed by atoms with van der Waals surface area (Å²) in [5.74, 6) is -1.48. The van der Waals surface area contributed by atoms with Crippen molar-refractivity contribution in [1.82, 2.24) is 10.2 Å². The molecule has 2 aromatic rings. The van der Waals surface area contributed by atoms with Crippen molar-refractivity contribution in [3.05, 3.63) is 64.6 Å². The van der Waals surface area contributed by atoms with Gasteiger partial charge in [-0.1, -0.05) is 12.1 Å². The zero-order valence-electron chi connectivity index (χ0n) is 18.1. The Hall–Kier alpha value is -3.68. The molecule has 2 aliphatic heterocycles. The first kappa shape index (κ1) is 21.5. The van der Waals surface area contributed by atoms with Crippen molar-refractivity contribution in [2.24, 2.45) is 0 Å². The molecular weight excluding hydrogens is 411 g/mol. The number of imide groups is 1. The van der Waals surface area contributed by atoms with Gasteiger partial charge in [0.1, 0.15) is 18.1 Å². The molecule has 0 atom stereocenters. The minimum Gasteiger partial charge on any atom is -0.369 e. The predicted molar refractivity (Wildman–Crippen MR) is 121 cm³/mol. The number of carbonyl (C=O) groups excluding carboxylic acids is 3. The van der Waals surface area contributed by atoms with Gasteiger partial charge in [0, 0.05) is 18.8 Å². The van der Waals surface area contributed by atoms with Crippen LogP contribution in [0.25, 0.3) is 6.08 Å². The van der Waals surface area contributed by atoms with Crippen LogP contribution in [0.2, 0.25) is 0 Å².